The lowest BCUT2D eigenvalue weighted by Gasteiger charge is -2.33. The van der Waals surface area contributed by atoms with Gasteiger partial charge in [-0.05, 0) is 36.3 Å². The maximum Gasteiger partial charge on any atom is 0.237 e. The quantitative estimate of drug-likeness (QED) is 0.549. The predicted molar refractivity (Wildman–Crippen MR) is 120 cm³/mol. The summed E-state index contributed by atoms with van der Waals surface area (Å²) < 4.78 is 32.6. The Hall–Kier alpha value is -2.70. The van der Waals surface area contributed by atoms with Gasteiger partial charge in [-0.1, -0.05) is 67.1 Å². The maximum absolute atomic E-state index is 13.2. The molecular weight excluding hydrogens is 420 g/mol. The van der Waals surface area contributed by atoms with Gasteiger partial charge in [0.05, 0.1) is 16.3 Å². The summed E-state index contributed by atoms with van der Waals surface area (Å²) in [4.78, 5) is 7.48. The number of hydrogen-bond donors (Lipinski definition) is 0. The lowest BCUT2D eigenvalue weighted by molar-refractivity contribution is 0.195. The van der Waals surface area contributed by atoms with Crippen LogP contribution in [0.4, 0.5) is 0 Å². The van der Waals surface area contributed by atoms with Crippen molar-refractivity contribution in [2.24, 2.45) is 0 Å². The lowest BCUT2D eigenvalue weighted by Crippen LogP contribution is -2.45. The highest BCUT2D eigenvalue weighted by atomic mass is 35.5. The molecule has 1 aliphatic rings. The number of hydrogen-bond acceptors (Lipinski definition) is 5. The molecule has 30 heavy (non-hydrogen) atoms. The number of ether oxygens (including phenoxy) is 1. The molecule has 2 aromatic carbocycles. The maximum atomic E-state index is 13.2. The number of nitrogens with zero attached hydrogens (tertiary/aromatic N) is 2. The average molecular weight is 441 g/mol. The highest BCUT2D eigenvalue weighted by Crippen LogP contribution is 2.38. The number of rotatable bonds is 5. The molecule has 0 aliphatic heterocycles. The second-order valence-corrected chi connectivity index (χ2v) is 10.0. The first-order valence-electron chi connectivity index (χ1n) is 9.63. The molecule has 0 radical (unpaired) electrons. The van der Waals surface area contributed by atoms with Gasteiger partial charge in [-0.15, -0.1) is 0 Å². The third kappa shape index (κ3) is 3.61. The molecule has 0 bridgehead atoms. The molecule has 1 heterocycles. The standard InChI is InChI=1S/C23H21ClN2O3S/c1-3-30(27,28)23(14-8-11-18(15-23)17-9-5-4-6-10-17)29-22-16(2)25-21-19(24)12-7-13-20(21)26-22/h4-14H,3,15H2,1-2H3. The average Bonchev–Trinajstić information content (AvgIpc) is 2.76. The summed E-state index contributed by atoms with van der Waals surface area (Å²) in [6.45, 7) is 3.35. The molecule has 5 nitrogen and oxygen atoms in total. The van der Waals surface area contributed by atoms with Crippen LogP contribution >= 0.6 is 11.6 Å². The topological polar surface area (TPSA) is 69.2 Å². The largest absolute Gasteiger partial charge is 0.449 e. The van der Waals surface area contributed by atoms with Gasteiger partial charge in [0.15, 0.2) is 9.84 Å². The van der Waals surface area contributed by atoms with Crippen molar-refractivity contribution in [2.75, 3.05) is 5.75 Å². The number of allylic oxidation sites excluding steroid dienone is 2. The van der Waals surface area contributed by atoms with Gasteiger partial charge in [-0.3, -0.25) is 0 Å². The van der Waals surface area contributed by atoms with Crippen molar-refractivity contribution in [3.8, 4) is 5.88 Å². The van der Waals surface area contributed by atoms with E-state index in [1.54, 1.807) is 44.2 Å². The SMILES string of the molecule is CCS(=O)(=O)C1(Oc2nc3cccc(Cl)c3nc2C)C=CC=C(c2ccccc2)C1. The van der Waals surface area contributed by atoms with Gasteiger partial charge in [0.1, 0.15) is 11.2 Å². The molecule has 0 fully saturated rings. The Balaban J connectivity index is 1.80. The Kier molecular flexibility index (Phi) is 5.38. The van der Waals surface area contributed by atoms with Gasteiger partial charge < -0.3 is 4.74 Å². The Morgan fingerprint density at radius 1 is 1.10 bits per heavy atom. The first-order valence-corrected chi connectivity index (χ1v) is 11.7. The van der Waals surface area contributed by atoms with Gasteiger partial charge >= 0.3 is 0 Å². The Morgan fingerprint density at radius 2 is 1.87 bits per heavy atom. The number of benzene rings is 2. The summed E-state index contributed by atoms with van der Waals surface area (Å²) >= 11 is 6.22. The molecule has 0 saturated carbocycles. The molecule has 1 unspecified atom stereocenters. The minimum atomic E-state index is -3.64. The van der Waals surface area contributed by atoms with Crippen LogP contribution in [0.3, 0.4) is 0 Å². The van der Waals surface area contributed by atoms with Crippen molar-refractivity contribution in [1.29, 1.82) is 0 Å². The van der Waals surface area contributed by atoms with E-state index in [0.717, 1.165) is 11.1 Å². The first kappa shape index (κ1) is 20.6. The zero-order valence-electron chi connectivity index (χ0n) is 16.7. The van der Waals surface area contributed by atoms with E-state index in [4.69, 9.17) is 16.3 Å². The molecule has 0 saturated heterocycles. The van der Waals surface area contributed by atoms with E-state index in [0.29, 0.717) is 21.7 Å². The van der Waals surface area contributed by atoms with E-state index in [1.807, 2.05) is 36.4 Å². The number of halogens is 1. The number of para-hydroxylation sites is 1. The normalized spacial score (nSPS) is 19.0. The molecule has 7 heteroatoms. The predicted octanol–water partition coefficient (Wildman–Crippen LogP) is 5.14. The van der Waals surface area contributed by atoms with Crippen LogP contribution in [0.25, 0.3) is 16.6 Å². The van der Waals surface area contributed by atoms with Gasteiger partial charge in [-0.2, -0.15) is 0 Å². The highest BCUT2D eigenvalue weighted by molar-refractivity contribution is 7.92. The molecular formula is C23H21ClN2O3S. The zero-order valence-corrected chi connectivity index (χ0v) is 18.2. The third-order valence-electron chi connectivity index (χ3n) is 5.18. The van der Waals surface area contributed by atoms with Gasteiger partial charge in [-0.25, -0.2) is 18.4 Å². The van der Waals surface area contributed by atoms with Crippen molar-refractivity contribution in [1.82, 2.24) is 9.97 Å². The van der Waals surface area contributed by atoms with Gasteiger partial charge in [0, 0.05) is 6.42 Å². The molecule has 1 aromatic heterocycles. The minimum Gasteiger partial charge on any atom is -0.449 e. The van der Waals surface area contributed by atoms with Crippen LogP contribution in [0, 0.1) is 6.92 Å². The van der Waals surface area contributed by atoms with E-state index in [2.05, 4.69) is 9.97 Å². The van der Waals surface area contributed by atoms with Crippen molar-refractivity contribution >= 4 is 38.0 Å². The second-order valence-electron chi connectivity index (χ2n) is 7.13. The van der Waals surface area contributed by atoms with E-state index in [1.165, 1.54) is 0 Å². The van der Waals surface area contributed by atoms with Crippen LogP contribution in [0.15, 0.2) is 66.8 Å². The molecule has 0 spiro atoms. The van der Waals surface area contributed by atoms with Crippen LogP contribution in [0.5, 0.6) is 5.88 Å². The monoisotopic (exact) mass is 440 g/mol. The number of aromatic nitrogens is 2. The van der Waals surface area contributed by atoms with Crippen LogP contribution < -0.4 is 4.74 Å². The summed E-state index contributed by atoms with van der Waals surface area (Å²) in [5.74, 6) is 0.117. The summed E-state index contributed by atoms with van der Waals surface area (Å²) in [7, 11) is -3.64. The summed E-state index contributed by atoms with van der Waals surface area (Å²) in [6.07, 6.45) is 5.43. The zero-order chi connectivity index (χ0) is 21.4. The fourth-order valence-corrected chi connectivity index (χ4v) is 5.07. The Labute approximate surface area is 181 Å². The molecule has 3 aromatic rings. The molecule has 1 aliphatic carbocycles. The van der Waals surface area contributed by atoms with Crippen LogP contribution in [-0.4, -0.2) is 29.1 Å². The third-order valence-corrected chi connectivity index (χ3v) is 7.66. The van der Waals surface area contributed by atoms with Crippen molar-refractivity contribution in [3.05, 3.63) is 83.0 Å². The summed E-state index contributed by atoms with van der Waals surface area (Å²) in [5, 5.41) is 0.484. The van der Waals surface area contributed by atoms with Crippen molar-refractivity contribution in [3.63, 3.8) is 0 Å². The minimum absolute atomic E-state index is 0.0642. The number of fused-ring (bicyclic) bond motifs is 1. The molecule has 4 rings (SSSR count). The molecule has 0 amide bonds. The van der Waals surface area contributed by atoms with E-state index < -0.39 is 14.8 Å². The number of aryl methyl sites for hydroxylation is 1. The summed E-state index contributed by atoms with van der Waals surface area (Å²) in [6, 6.07) is 15.0. The second kappa shape index (κ2) is 7.85. The fraction of sp³-hybridized carbons (Fsp3) is 0.217. The number of sulfone groups is 1. The van der Waals surface area contributed by atoms with Crippen molar-refractivity contribution in [2.45, 2.75) is 25.2 Å². The van der Waals surface area contributed by atoms with Crippen LogP contribution in [0.2, 0.25) is 5.02 Å². The van der Waals surface area contributed by atoms with Crippen LogP contribution in [-0.2, 0) is 9.84 Å². The van der Waals surface area contributed by atoms with E-state index >= 15 is 0 Å². The highest BCUT2D eigenvalue weighted by Gasteiger charge is 2.45. The van der Waals surface area contributed by atoms with Gasteiger partial charge in [0.25, 0.3) is 0 Å². The smallest absolute Gasteiger partial charge is 0.237 e. The Morgan fingerprint density at radius 3 is 2.60 bits per heavy atom. The fourth-order valence-electron chi connectivity index (χ4n) is 3.51. The molecule has 1 atom stereocenters. The Bertz CT molecular complexity index is 1270. The first-order chi connectivity index (χ1) is 14.4. The molecule has 154 valence electrons. The van der Waals surface area contributed by atoms with E-state index in [9.17, 15) is 8.42 Å². The lowest BCUT2D eigenvalue weighted by atomic mass is 9.95. The van der Waals surface area contributed by atoms with Crippen LogP contribution in [0.1, 0.15) is 24.6 Å². The van der Waals surface area contributed by atoms with Crippen molar-refractivity contribution < 1.29 is 13.2 Å². The van der Waals surface area contributed by atoms with Gasteiger partial charge in [0.2, 0.25) is 10.8 Å². The molecule has 0 N–H and O–H groups in total. The summed E-state index contributed by atoms with van der Waals surface area (Å²) in [5.41, 5.74) is 3.41. The van der Waals surface area contributed by atoms with E-state index in [-0.39, 0.29) is 18.1 Å².